The number of ether oxygens (including phenoxy) is 1. The van der Waals surface area contributed by atoms with Crippen LogP contribution in [0.4, 0.5) is 4.39 Å². The number of rotatable bonds is 5. The van der Waals surface area contributed by atoms with E-state index in [0.717, 1.165) is 5.56 Å². The van der Waals surface area contributed by atoms with Crippen molar-refractivity contribution in [2.24, 2.45) is 0 Å². The number of halogens is 2. The van der Waals surface area contributed by atoms with Gasteiger partial charge in [-0.3, -0.25) is 0 Å². The molecule has 108 valence electrons. The van der Waals surface area contributed by atoms with E-state index in [1.165, 1.54) is 18.2 Å². The van der Waals surface area contributed by atoms with E-state index in [9.17, 15) is 4.39 Å². The van der Waals surface area contributed by atoms with Gasteiger partial charge in [-0.2, -0.15) is 5.26 Å². The van der Waals surface area contributed by atoms with Crippen LogP contribution in [0, 0.1) is 17.1 Å². The van der Waals surface area contributed by atoms with Crippen LogP contribution >= 0.6 is 11.6 Å². The Labute approximate surface area is 127 Å². The van der Waals surface area contributed by atoms with Crippen LogP contribution in [0.3, 0.4) is 0 Å². The maximum absolute atomic E-state index is 13.3. The Morgan fingerprint density at radius 2 is 2.14 bits per heavy atom. The predicted octanol–water partition coefficient (Wildman–Crippen LogP) is 3.65. The first-order valence-corrected chi connectivity index (χ1v) is 6.77. The number of nitrogens with one attached hydrogen (secondary N) is 1. The van der Waals surface area contributed by atoms with Crippen LogP contribution in [0.5, 0.6) is 5.75 Å². The zero-order valence-electron chi connectivity index (χ0n) is 11.5. The molecule has 0 radical (unpaired) electrons. The van der Waals surface area contributed by atoms with Gasteiger partial charge in [0.1, 0.15) is 18.2 Å². The van der Waals surface area contributed by atoms with Gasteiger partial charge in [-0.25, -0.2) is 4.39 Å². The van der Waals surface area contributed by atoms with Gasteiger partial charge < -0.3 is 10.1 Å². The number of hydrogen-bond donors (Lipinski definition) is 1. The molecule has 0 aromatic heterocycles. The zero-order valence-corrected chi connectivity index (χ0v) is 12.2. The van der Waals surface area contributed by atoms with Crippen LogP contribution in [-0.2, 0) is 13.2 Å². The monoisotopic (exact) mass is 304 g/mol. The van der Waals surface area contributed by atoms with E-state index in [2.05, 4.69) is 5.32 Å². The maximum Gasteiger partial charge on any atom is 0.125 e. The largest absolute Gasteiger partial charge is 0.488 e. The molecule has 5 heteroatoms. The molecular formula is C16H14ClFN2O. The summed E-state index contributed by atoms with van der Waals surface area (Å²) in [6.07, 6.45) is 0. The van der Waals surface area contributed by atoms with Gasteiger partial charge in [0.05, 0.1) is 11.6 Å². The van der Waals surface area contributed by atoms with Crippen molar-refractivity contribution < 1.29 is 9.13 Å². The first kappa shape index (κ1) is 15.3. The molecule has 21 heavy (non-hydrogen) atoms. The van der Waals surface area contributed by atoms with Crippen molar-refractivity contribution >= 4 is 11.6 Å². The van der Waals surface area contributed by atoms with E-state index in [1.54, 1.807) is 18.2 Å². The summed E-state index contributed by atoms with van der Waals surface area (Å²) in [4.78, 5) is 0. The van der Waals surface area contributed by atoms with Crippen molar-refractivity contribution in [3.8, 4) is 11.8 Å². The first-order valence-electron chi connectivity index (χ1n) is 6.39. The number of hydrogen-bond acceptors (Lipinski definition) is 3. The average Bonchev–Trinajstić information content (AvgIpc) is 2.48. The Bertz CT molecular complexity index is 682. The minimum Gasteiger partial charge on any atom is -0.488 e. The fraction of sp³-hybridized carbons (Fsp3) is 0.188. The van der Waals surface area contributed by atoms with E-state index in [4.69, 9.17) is 21.6 Å². The molecule has 0 aliphatic rings. The summed E-state index contributed by atoms with van der Waals surface area (Å²) in [6, 6.07) is 11.4. The second kappa shape index (κ2) is 7.07. The quantitative estimate of drug-likeness (QED) is 0.917. The topological polar surface area (TPSA) is 45.0 Å². The molecule has 2 aromatic rings. The molecule has 2 rings (SSSR count). The van der Waals surface area contributed by atoms with Crippen LogP contribution in [-0.4, -0.2) is 7.05 Å². The molecule has 1 N–H and O–H groups in total. The molecule has 0 aliphatic heterocycles. The highest BCUT2D eigenvalue weighted by molar-refractivity contribution is 6.31. The maximum atomic E-state index is 13.3. The van der Waals surface area contributed by atoms with Crippen LogP contribution in [0.15, 0.2) is 36.4 Å². The molecule has 0 fully saturated rings. The minimum absolute atomic E-state index is 0.109. The molecule has 0 saturated carbocycles. The van der Waals surface area contributed by atoms with E-state index in [-0.39, 0.29) is 6.61 Å². The first-order chi connectivity index (χ1) is 10.2. The third kappa shape index (κ3) is 3.72. The molecule has 0 amide bonds. The van der Waals surface area contributed by atoms with Gasteiger partial charge >= 0.3 is 0 Å². The van der Waals surface area contributed by atoms with Crippen molar-refractivity contribution in [2.45, 2.75) is 13.2 Å². The predicted molar refractivity (Wildman–Crippen MR) is 79.7 cm³/mol. The fourth-order valence-corrected chi connectivity index (χ4v) is 2.20. The van der Waals surface area contributed by atoms with Crippen molar-refractivity contribution in [2.75, 3.05) is 7.05 Å². The second-order valence-electron chi connectivity index (χ2n) is 4.45. The Morgan fingerprint density at radius 3 is 2.86 bits per heavy atom. The molecular weight excluding hydrogens is 291 g/mol. The van der Waals surface area contributed by atoms with E-state index >= 15 is 0 Å². The molecule has 0 spiro atoms. The standard InChI is InChI=1S/C16H14ClFN2O/c1-20-9-14-15(17)3-2-4-16(14)21-10-12-7-13(18)6-5-11(12)8-19/h2-7,20H,9-10H2,1H3. The highest BCUT2D eigenvalue weighted by Crippen LogP contribution is 2.27. The summed E-state index contributed by atoms with van der Waals surface area (Å²) in [5.41, 5.74) is 1.73. The van der Waals surface area contributed by atoms with Gasteiger partial charge in [0, 0.05) is 22.7 Å². The molecule has 0 atom stereocenters. The third-order valence-corrected chi connectivity index (χ3v) is 3.35. The van der Waals surface area contributed by atoms with Gasteiger partial charge in [0.2, 0.25) is 0 Å². The Hall–Kier alpha value is -2.09. The molecule has 0 unspecified atom stereocenters. The van der Waals surface area contributed by atoms with Gasteiger partial charge in [-0.05, 0) is 37.4 Å². The molecule has 0 bridgehead atoms. The number of benzene rings is 2. The summed E-state index contributed by atoms with van der Waals surface area (Å²) in [5.74, 6) is 0.221. The smallest absolute Gasteiger partial charge is 0.125 e. The molecule has 0 aliphatic carbocycles. The van der Waals surface area contributed by atoms with Gasteiger partial charge in [0.15, 0.2) is 0 Å². The van der Waals surface area contributed by atoms with Crippen LogP contribution in [0.25, 0.3) is 0 Å². The molecule has 0 saturated heterocycles. The zero-order chi connectivity index (χ0) is 15.2. The van der Waals surface area contributed by atoms with Crippen LogP contribution in [0.1, 0.15) is 16.7 Å². The minimum atomic E-state index is -0.394. The lowest BCUT2D eigenvalue weighted by Gasteiger charge is -2.13. The fourth-order valence-electron chi connectivity index (χ4n) is 1.97. The SMILES string of the molecule is CNCc1c(Cl)cccc1OCc1cc(F)ccc1C#N. The van der Waals surface area contributed by atoms with Gasteiger partial charge in [0.25, 0.3) is 0 Å². The Morgan fingerprint density at radius 1 is 1.33 bits per heavy atom. The van der Waals surface area contributed by atoms with Crippen LogP contribution in [0.2, 0.25) is 5.02 Å². The lowest BCUT2D eigenvalue weighted by atomic mass is 10.1. The summed E-state index contributed by atoms with van der Waals surface area (Å²) >= 11 is 6.14. The van der Waals surface area contributed by atoms with E-state index in [0.29, 0.717) is 28.4 Å². The van der Waals surface area contributed by atoms with Crippen molar-refractivity contribution in [3.63, 3.8) is 0 Å². The summed E-state index contributed by atoms with van der Waals surface area (Å²) in [7, 11) is 1.81. The van der Waals surface area contributed by atoms with Gasteiger partial charge in [-0.15, -0.1) is 0 Å². The molecule has 3 nitrogen and oxygen atoms in total. The Balaban J connectivity index is 2.23. The normalized spacial score (nSPS) is 10.2. The number of nitriles is 1. The summed E-state index contributed by atoms with van der Waals surface area (Å²) in [5, 5.41) is 12.6. The second-order valence-corrected chi connectivity index (χ2v) is 4.86. The number of nitrogens with zero attached hydrogens (tertiary/aromatic N) is 1. The Kier molecular flexibility index (Phi) is 5.15. The lowest BCUT2D eigenvalue weighted by Crippen LogP contribution is -2.08. The van der Waals surface area contributed by atoms with E-state index < -0.39 is 5.82 Å². The highest BCUT2D eigenvalue weighted by atomic mass is 35.5. The van der Waals surface area contributed by atoms with Crippen molar-refractivity contribution in [1.82, 2.24) is 5.32 Å². The van der Waals surface area contributed by atoms with Crippen molar-refractivity contribution in [1.29, 1.82) is 5.26 Å². The summed E-state index contributed by atoms with van der Waals surface area (Å²) in [6.45, 7) is 0.668. The third-order valence-electron chi connectivity index (χ3n) is 3.00. The average molecular weight is 305 g/mol. The van der Waals surface area contributed by atoms with Gasteiger partial charge in [-0.1, -0.05) is 17.7 Å². The van der Waals surface area contributed by atoms with Crippen LogP contribution < -0.4 is 10.1 Å². The highest BCUT2D eigenvalue weighted by Gasteiger charge is 2.10. The lowest BCUT2D eigenvalue weighted by molar-refractivity contribution is 0.301. The molecule has 2 aromatic carbocycles. The molecule has 0 heterocycles. The van der Waals surface area contributed by atoms with E-state index in [1.807, 2.05) is 13.1 Å². The summed E-state index contributed by atoms with van der Waals surface area (Å²) < 4.78 is 19.0. The van der Waals surface area contributed by atoms with Crippen molar-refractivity contribution in [3.05, 3.63) is 63.9 Å².